The molecule has 1 fully saturated rings. The molecule has 3 N–H and O–H groups in total. The van der Waals surface area contributed by atoms with Crippen LogP contribution in [0.1, 0.15) is 35.7 Å². The molecule has 4 rings (SSSR count). The highest BCUT2D eigenvalue weighted by atomic mass is 16.3. The molecule has 2 aliphatic heterocycles. The normalized spacial score (nSPS) is 17.1. The Morgan fingerprint density at radius 1 is 1.19 bits per heavy atom. The van der Waals surface area contributed by atoms with Gasteiger partial charge in [-0.2, -0.15) is 0 Å². The van der Waals surface area contributed by atoms with E-state index in [2.05, 4.69) is 32.7 Å². The van der Waals surface area contributed by atoms with Crippen LogP contribution in [0, 0.1) is 0 Å². The van der Waals surface area contributed by atoms with Gasteiger partial charge in [-0.15, -0.1) is 0 Å². The fourth-order valence-corrected chi connectivity index (χ4v) is 4.43. The van der Waals surface area contributed by atoms with Crippen LogP contribution in [0.25, 0.3) is 0 Å². The second-order valence-corrected chi connectivity index (χ2v) is 8.54. The lowest BCUT2D eigenvalue weighted by Crippen LogP contribution is -2.41. The summed E-state index contributed by atoms with van der Waals surface area (Å²) in [7, 11) is 0. The van der Waals surface area contributed by atoms with Crippen LogP contribution in [-0.4, -0.2) is 71.7 Å². The van der Waals surface area contributed by atoms with Crippen molar-refractivity contribution >= 4 is 23.3 Å². The Morgan fingerprint density at radius 2 is 1.97 bits per heavy atom. The van der Waals surface area contributed by atoms with E-state index in [1.807, 2.05) is 17.0 Å². The van der Waals surface area contributed by atoms with Crippen LogP contribution >= 0.6 is 0 Å². The maximum absolute atomic E-state index is 12.6. The van der Waals surface area contributed by atoms with Crippen molar-refractivity contribution < 1.29 is 14.7 Å². The van der Waals surface area contributed by atoms with Crippen LogP contribution in [-0.2, 0) is 11.2 Å². The lowest BCUT2D eigenvalue weighted by molar-refractivity contribution is -0.129. The number of nitrogens with zero attached hydrogens (tertiary/aromatic N) is 3. The quantitative estimate of drug-likeness (QED) is 0.610. The molecule has 0 aliphatic carbocycles. The highest BCUT2D eigenvalue weighted by Crippen LogP contribution is 2.27. The van der Waals surface area contributed by atoms with Crippen LogP contribution in [0.4, 0.5) is 11.5 Å². The Kier molecular flexibility index (Phi) is 6.90. The van der Waals surface area contributed by atoms with E-state index < -0.39 is 6.10 Å². The van der Waals surface area contributed by atoms with Gasteiger partial charge in [0.25, 0.3) is 5.91 Å². The number of pyridine rings is 1. The Balaban J connectivity index is 1.25. The van der Waals surface area contributed by atoms with Gasteiger partial charge < -0.3 is 25.5 Å². The van der Waals surface area contributed by atoms with E-state index in [4.69, 9.17) is 0 Å². The number of carbonyl (C=O) groups is 2. The Hall–Kier alpha value is -3.13. The molecule has 2 aliphatic rings. The first-order valence-corrected chi connectivity index (χ1v) is 11.3. The monoisotopic (exact) mass is 437 g/mol. The zero-order valence-corrected chi connectivity index (χ0v) is 18.5. The molecular formula is C24H31N5O3. The van der Waals surface area contributed by atoms with Crippen molar-refractivity contribution in [2.45, 2.75) is 38.3 Å². The van der Waals surface area contributed by atoms with Crippen molar-refractivity contribution in [1.29, 1.82) is 0 Å². The minimum absolute atomic E-state index is 0.108. The largest absolute Gasteiger partial charge is 0.389 e. The molecule has 2 aromatic rings. The second kappa shape index (κ2) is 9.99. The highest BCUT2D eigenvalue weighted by molar-refractivity contribution is 5.94. The Bertz CT molecular complexity index is 958. The summed E-state index contributed by atoms with van der Waals surface area (Å²) in [5.74, 6) is 0.521. The maximum atomic E-state index is 12.6. The zero-order valence-electron chi connectivity index (χ0n) is 18.5. The van der Waals surface area contributed by atoms with Crippen molar-refractivity contribution in [2.24, 2.45) is 0 Å². The summed E-state index contributed by atoms with van der Waals surface area (Å²) in [4.78, 5) is 32.4. The third-order valence-corrected chi connectivity index (χ3v) is 6.23. The third kappa shape index (κ3) is 5.37. The predicted octanol–water partition coefficient (Wildman–Crippen LogP) is 1.66. The number of piperidine rings is 1. The maximum Gasteiger partial charge on any atom is 0.251 e. The van der Waals surface area contributed by atoms with Crippen LogP contribution in [0.15, 0.2) is 42.6 Å². The number of likely N-dealkylation sites (tertiary alicyclic amines) is 1. The molecule has 0 spiro atoms. The Labute approximate surface area is 188 Å². The van der Waals surface area contributed by atoms with Gasteiger partial charge in [0.1, 0.15) is 5.82 Å². The average Bonchev–Trinajstić information content (AvgIpc) is 3.21. The van der Waals surface area contributed by atoms with Crippen molar-refractivity contribution in [3.05, 3.63) is 53.7 Å². The molecule has 8 heteroatoms. The smallest absolute Gasteiger partial charge is 0.251 e. The molecule has 1 saturated heterocycles. The number of aliphatic hydroxyl groups excluding tert-OH is 1. The van der Waals surface area contributed by atoms with Crippen LogP contribution < -0.4 is 15.5 Å². The number of hydrogen-bond acceptors (Lipinski definition) is 6. The summed E-state index contributed by atoms with van der Waals surface area (Å²) >= 11 is 0. The molecule has 170 valence electrons. The van der Waals surface area contributed by atoms with Gasteiger partial charge >= 0.3 is 0 Å². The number of para-hydroxylation sites is 1. The summed E-state index contributed by atoms with van der Waals surface area (Å²) in [6.07, 6.45) is 3.64. The molecule has 1 aromatic heterocycles. The predicted molar refractivity (Wildman–Crippen MR) is 124 cm³/mol. The first-order valence-electron chi connectivity index (χ1n) is 11.3. The second-order valence-electron chi connectivity index (χ2n) is 8.54. The van der Waals surface area contributed by atoms with Gasteiger partial charge in [0.15, 0.2) is 0 Å². The standard InChI is InChI=1S/C24H31N5O3/c1-17(30)28-12-8-20(9-13-28)27-23-14-19(6-10-25-23)24(32)26-15-21(31)16-29-11-7-18-4-2-3-5-22(18)29/h2-6,10,14,20-21,31H,7-9,11-13,15-16H2,1H3,(H,25,27)(H,26,32)/t21-/m0/s1. The summed E-state index contributed by atoms with van der Waals surface area (Å²) in [5, 5.41) is 16.7. The van der Waals surface area contributed by atoms with E-state index in [0.717, 1.165) is 44.6 Å². The molecule has 1 atom stereocenters. The minimum atomic E-state index is -0.656. The van der Waals surface area contributed by atoms with Crippen molar-refractivity contribution in [3.63, 3.8) is 0 Å². The van der Waals surface area contributed by atoms with E-state index in [9.17, 15) is 14.7 Å². The summed E-state index contributed by atoms with van der Waals surface area (Å²) in [6, 6.07) is 11.9. The number of aliphatic hydroxyl groups is 1. The fraction of sp³-hybridized carbons (Fsp3) is 0.458. The number of anilines is 2. The molecule has 0 saturated carbocycles. The molecule has 8 nitrogen and oxygen atoms in total. The lowest BCUT2D eigenvalue weighted by atomic mass is 10.0. The summed E-state index contributed by atoms with van der Waals surface area (Å²) in [5.41, 5.74) is 2.96. The number of aromatic nitrogens is 1. The molecule has 32 heavy (non-hydrogen) atoms. The SMILES string of the molecule is CC(=O)N1CCC(Nc2cc(C(=O)NC[C@H](O)CN3CCc4ccccc43)ccn2)CC1. The number of nitrogens with one attached hydrogen (secondary N) is 2. The summed E-state index contributed by atoms with van der Waals surface area (Å²) in [6.45, 7) is 4.61. The molecule has 3 heterocycles. The summed E-state index contributed by atoms with van der Waals surface area (Å²) < 4.78 is 0. The molecule has 0 unspecified atom stereocenters. The lowest BCUT2D eigenvalue weighted by Gasteiger charge is -2.32. The van der Waals surface area contributed by atoms with Gasteiger partial charge in [0, 0.05) is 63.1 Å². The van der Waals surface area contributed by atoms with E-state index in [1.165, 1.54) is 5.56 Å². The van der Waals surface area contributed by atoms with E-state index in [0.29, 0.717) is 17.9 Å². The van der Waals surface area contributed by atoms with Crippen LogP contribution in [0.2, 0.25) is 0 Å². The van der Waals surface area contributed by atoms with Gasteiger partial charge in [0.2, 0.25) is 5.91 Å². The van der Waals surface area contributed by atoms with E-state index in [-0.39, 0.29) is 24.4 Å². The van der Waals surface area contributed by atoms with E-state index in [1.54, 1.807) is 25.3 Å². The number of benzene rings is 1. The average molecular weight is 438 g/mol. The van der Waals surface area contributed by atoms with Gasteiger partial charge in [-0.25, -0.2) is 4.98 Å². The number of amides is 2. The van der Waals surface area contributed by atoms with Gasteiger partial charge in [-0.1, -0.05) is 18.2 Å². The Morgan fingerprint density at radius 3 is 2.75 bits per heavy atom. The minimum Gasteiger partial charge on any atom is -0.389 e. The van der Waals surface area contributed by atoms with Crippen molar-refractivity contribution in [2.75, 3.05) is 42.9 Å². The third-order valence-electron chi connectivity index (χ3n) is 6.23. The fourth-order valence-electron chi connectivity index (χ4n) is 4.43. The number of rotatable bonds is 7. The first-order chi connectivity index (χ1) is 15.5. The molecular weight excluding hydrogens is 406 g/mol. The molecule has 1 aromatic carbocycles. The zero-order chi connectivity index (χ0) is 22.5. The molecule has 2 amide bonds. The first kappa shape index (κ1) is 22.1. The highest BCUT2D eigenvalue weighted by Gasteiger charge is 2.22. The number of carbonyl (C=O) groups excluding carboxylic acids is 2. The number of β-amino-alcohol motifs (C(OH)–C–C–N with tert-alkyl or cyclic N) is 1. The van der Waals surface area contributed by atoms with Gasteiger partial charge in [0.05, 0.1) is 6.10 Å². The van der Waals surface area contributed by atoms with Crippen LogP contribution in [0.3, 0.4) is 0 Å². The topological polar surface area (TPSA) is 97.8 Å². The van der Waals surface area contributed by atoms with Crippen LogP contribution in [0.5, 0.6) is 0 Å². The molecule has 0 radical (unpaired) electrons. The van der Waals surface area contributed by atoms with Gasteiger partial charge in [-0.05, 0) is 43.0 Å². The number of hydrogen-bond donors (Lipinski definition) is 3. The van der Waals surface area contributed by atoms with Gasteiger partial charge in [-0.3, -0.25) is 9.59 Å². The van der Waals surface area contributed by atoms with E-state index >= 15 is 0 Å². The van der Waals surface area contributed by atoms with Crippen molar-refractivity contribution in [3.8, 4) is 0 Å². The molecule has 0 bridgehead atoms. The number of fused-ring (bicyclic) bond motifs is 1. The van der Waals surface area contributed by atoms with Crippen molar-refractivity contribution in [1.82, 2.24) is 15.2 Å².